The summed E-state index contributed by atoms with van der Waals surface area (Å²) < 4.78 is 5.54. The molecule has 6 heteroatoms. The first-order valence-electron chi connectivity index (χ1n) is 8.85. The summed E-state index contributed by atoms with van der Waals surface area (Å²) in [5.41, 5.74) is 2.64. The fourth-order valence-corrected chi connectivity index (χ4v) is 3.82. The summed E-state index contributed by atoms with van der Waals surface area (Å²) in [4.78, 5) is 27.2. The lowest BCUT2D eigenvalue weighted by Gasteiger charge is -2.22. The fraction of sp³-hybridized carbons (Fsp3) is 0.400. The van der Waals surface area contributed by atoms with Crippen LogP contribution in [0.3, 0.4) is 0 Å². The molecule has 26 heavy (non-hydrogen) atoms. The molecule has 0 radical (unpaired) electrons. The summed E-state index contributed by atoms with van der Waals surface area (Å²) in [5.74, 6) is 0.659. The Kier molecular flexibility index (Phi) is 5.49. The Hall–Kier alpha value is -2.11. The lowest BCUT2D eigenvalue weighted by Crippen LogP contribution is -2.32. The van der Waals surface area contributed by atoms with Gasteiger partial charge >= 0.3 is 5.63 Å². The van der Waals surface area contributed by atoms with E-state index in [4.69, 9.17) is 4.42 Å². The zero-order valence-electron chi connectivity index (χ0n) is 14.8. The van der Waals surface area contributed by atoms with Crippen LogP contribution in [-0.2, 0) is 13.1 Å². The van der Waals surface area contributed by atoms with Gasteiger partial charge in [-0.1, -0.05) is 24.3 Å². The SMILES string of the molecule is Cc1cc(C2CCCNC2)oc(=O)c1C(=O)N1Cc2ccccc2C1.Cl. The second-order valence-electron chi connectivity index (χ2n) is 6.97. The quantitative estimate of drug-likeness (QED) is 0.877. The Morgan fingerprint density at radius 3 is 2.50 bits per heavy atom. The highest BCUT2D eigenvalue weighted by Gasteiger charge is 2.28. The topological polar surface area (TPSA) is 62.6 Å². The highest BCUT2D eigenvalue weighted by Crippen LogP contribution is 2.26. The van der Waals surface area contributed by atoms with E-state index in [-0.39, 0.29) is 29.8 Å². The Labute approximate surface area is 158 Å². The van der Waals surface area contributed by atoms with Gasteiger partial charge in [0.15, 0.2) is 0 Å². The summed E-state index contributed by atoms with van der Waals surface area (Å²) in [6.45, 7) is 4.74. The van der Waals surface area contributed by atoms with Gasteiger partial charge in [0.1, 0.15) is 11.3 Å². The van der Waals surface area contributed by atoms with Crippen LogP contribution in [0.5, 0.6) is 0 Å². The smallest absolute Gasteiger partial charge is 0.349 e. The zero-order chi connectivity index (χ0) is 17.4. The van der Waals surface area contributed by atoms with Crippen molar-refractivity contribution in [2.24, 2.45) is 0 Å². The Morgan fingerprint density at radius 2 is 1.92 bits per heavy atom. The molecule has 1 atom stereocenters. The van der Waals surface area contributed by atoms with Gasteiger partial charge in [-0.2, -0.15) is 0 Å². The first-order chi connectivity index (χ1) is 12.1. The third-order valence-electron chi connectivity index (χ3n) is 5.21. The summed E-state index contributed by atoms with van der Waals surface area (Å²) in [5, 5.41) is 3.33. The molecule has 0 bridgehead atoms. The van der Waals surface area contributed by atoms with Gasteiger partial charge in [-0.15, -0.1) is 12.4 Å². The minimum absolute atomic E-state index is 0. The van der Waals surface area contributed by atoms with E-state index in [2.05, 4.69) is 5.32 Å². The number of rotatable bonds is 2. The zero-order valence-corrected chi connectivity index (χ0v) is 15.6. The van der Waals surface area contributed by atoms with E-state index in [1.54, 1.807) is 4.90 Å². The van der Waals surface area contributed by atoms with Gasteiger partial charge in [0, 0.05) is 25.6 Å². The monoisotopic (exact) mass is 374 g/mol. The van der Waals surface area contributed by atoms with E-state index < -0.39 is 5.63 Å². The van der Waals surface area contributed by atoms with Crippen molar-refractivity contribution in [1.82, 2.24) is 10.2 Å². The second-order valence-corrected chi connectivity index (χ2v) is 6.97. The maximum absolute atomic E-state index is 12.9. The Morgan fingerprint density at radius 1 is 1.23 bits per heavy atom. The van der Waals surface area contributed by atoms with Crippen LogP contribution in [0.4, 0.5) is 0 Å². The van der Waals surface area contributed by atoms with Gasteiger partial charge < -0.3 is 14.6 Å². The van der Waals surface area contributed by atoms with Crippen molar-refractivity contribution in [2.45, 2.75) is 38.8 Å². The van der Waals surface area contributed by atoms with Crippen LogP contribution in [0.2, 0.25) is 0 Å². The van der Waals surface area contributed by atoms with Crippen molar-refractivity contribution in [3.8, 4) is 0 Å². The average Bonchev–Trinajstić information content (AvgIpc) is 3.06. The third kappa shape index (κ3) is 3.41. The van der Waals surface area contributed by atoms with Crippen LogP contribution in [0.25, 0.3) is 0 Å². The molecule has 2 aliphatic heterocycles. The lowest BCUT2D eigenvalue weighted by atomic mass is 9.95. The number of nitrogens with zero attached hydrogens (tertiary/aromatic N) is 1. The van der Waals surface area contributed by atoms with Crippen molar-refractivity contribution >= 4 is 18.3 Å². The van der Waals surface area contributed by atoms with Gasteiger partial charge in [-0.05, 0) is 49.1 Å². The van der Waals surface area contributed by atoms with Crippen LogP contribution in [-0.4, -0.2) is 23.9 Å². The van der Waals surface area contributed by atoms with Crippen molar-refractivity contribution < 1.29 is 9.21 Å². The molecule has 1 aromatic carbocycles. The van der Waals surface area contributed by atoms with Gasteiger partial charge in [0.2, 0.25) is 0 Å². The number of nitrogens with one attached hydrogen (secondary N) is 1. The lowest BCUT2D eigenvalue weighted by molar-refractivity contribution is 0.0745. The van der Waals surface area contributed by atoms with Gasteiger partial charge in [-0.25, -0.2) is 4.79 Å². The number of aryl methyl sites for hydroxylation is 1. The van der Waals surface area contributed by atoms with Crippen molar-refractivity contribution in [3.63, 3.8) is 0 Å². The van der Waals surface area contributed by atoms with Crippen LogP contribution in [0.15, 0.2) is 39.5 Å². The summed E-state index contributed by atoms with van der Waals surface area (Å²) in [7, 11) is 0. The summed E-state index contributed by atoms with van der Waals surface area (Å²) >= 11 is 0. The molecule has 0 saturated carbocycles. The number of piperidine rings is 1. The van der Waals surface area contributed by atoms with Crippen molar-refractivity contribution in [3.05, 3.63) is 68.8 Å². The fourth-order valence-electron chi connectivity index (χ4n) is 3.82. The largest absolute Gasteiger partial charge is 0.427 e. The number of amides is 1. The molecule has 1 aromatic heterocycles. The first kappa shape index (κ1) is 18.7. The number of carbonyl (C=O) groups excluding carboxylic acids is 1. The van der Waals surface area contributed by atoms with E-state index in [0.29, 0.717) is 24.4 Å². The summed E-state index contributed by atoms with van der Waals surface area (Å²) in [6, 6.07) is 9.86. The summed E-state index contributed by atoms with van der Waals surface area (Å²) in [6.07, 6.45) is 2.07. The molecule has 1 fully saturated rings. The van der Waals surface area contributed by atoms with Crippen LogP contribution < -0.4 is 10.9 Å². The predicted molar refractivity (Wildman–Crippen MR) is 102 cm³/mol. The molecule has 1 amide bonds. The van der Waals surface area contributed by atoms with Crippen LogP contribution >= 0.6 is 12.4 Å². The van der Waals surface area contributed by atoms with Crippen LogP contribution in [0, 0.1) is 6.92 Å². The first-order valence-corrected chi connectivity index (χ1v) is 8.85. The number of carbonyl (C=O) groups is 1. The van der Waals surface area contributed by atoms with E-state index in [0.717, 1.165) is 37.1 Å². The number of benzene rings is 1. The molecule has 0 spiro atoms. The molecule has 1 saturated heterocycles. The van der Waals surface area contributed by atoms with E-state index >= 15 is 0 Å². The molecule has 2 aliphatic rings. The van der Waals surface area contributed by atoms with Crippen LogP contribution in [0.1, 0.15) is 51.6 Å². The number of halogens is 1. The number of hydrogen-bond donors (Lipinski definition) is 1. The number of hydrogen-bond acceptors (Lipinski definition) is 4. The van der Waals surface area contributed by atoms with E-state index in [9.17, 15) is 9.59 Å². The normalized spacial score (nSPS) is 19.0. The van der Waals surface area contributed by atoms with E-state index in [1.807, 2.05) is 37.3 Å². The van der Waals surface area contributed by atoms with Crippen molar-refractivity contribution in [2.75, 3.05) is 13.1 Å². The molecule has 1 N–H and O–H groups in total. The van der Waals surface area contributed by atoms with Gasteiger partial charge in [0.25, 0.3) is 5.91 Å². The van der Waals surface area contributed by atoms with Gasteiger partial charge in [-0.3, -0.25) is 4.79 Å². The third-order valence-corrected chi connectivity index (χ3v) is 5.21. The van der Waals surface area contributed by atoms with Gasteiger partial charge in [0.05, 0.1) is 0 Å². The maximum Gasteiger partial charge on any atom is 0.349 e. The number of fused-ring (bicyclic) bond motifs is 1. The Balaban J connectivity index is 0.00000196. The minimum Gasteiger partial charge on any atom is -0.427 e. The standard InChI is InChI=1S/C20H22N2O3.ClH/c1-13-9-17(14-7-4-8-21-10-14)25-20(24)18(13)19(23)22-11-15-5-2-3-6-16(15)12-22;/h2-3,5-6,9,14,21H,4,7-8,10-12H2,1H3;1H. The molecule has 1 unspecified atom stereocenters. The molecule has 2 aromatic rings. The highest BCUT2D eigenvalue weighted by atomic mass is 35.5. The molecule has 4 rings (SSSR count). The molecular weight excluding hydrogens is 352 g/mol. The molecule has 0 aliphatic carbocycles. The van der Waals surface area contributed by atoms with Crippen molar-refractivity contribution in [1.29, 1.82) is 0 Å². The Bertz CT molecular complexity index is 847. The molecular formula is C20H23ClN2O3. The molecule has 5 nitrogen and oxygen atoms in total. The predicted octanol–water partition coefficient (Wildman–Crippen LogP) is 2.99. The maximum atomic E-state index is 12.9. The average molecular weight is 375 g/mol. The molecule has 3 heterocycles. The second kappa shape index (κ2) is 7.64. The molecule has 138 valence electrons. The van der Waals surface area contributed by atoms with E-state index in [1.165, 1.54) is 0 Å². The highest BCUT2D eigenvalue weighted by molar-refractivity contribution is 5.95. The minimum atomic E-state index is -0.512.